The van der Waals surface area contributed by atoms with Gasteiger partial charge < -0.3 is 9.64 Å². The van der Waals surface area contributed by atoms with Crippen molar-refractivity contribution in [2.24, 2.45) is 0 Å². The second-order valence-corrected chi connectivity index (χ2v) is 5.07. The summed E-state index contributed by atoms with van der Waals surface area (Å²) in [6, 6.07) is 10.1. The molecule has 5 nitrogen and oxygen atoms in total. The highest BCUT2D eigenvalue weighted by Crippen LogP contribution is 2.23. The Labute approximate surface area is 122 Å². The highest BCUT2D eigenvalue weighted by atomic mass is 16.5. The average Bonchev–Trinajstić information content (AvgIpc) is 2.99. The van der Waals surface area contributed by atoms with Crippen molar-refractivity contribution in [3.63, 3.8) is 0 Å². The summed E-state index contributed by atoms with van der Waals surface area (Å²) in [6.45, 7) is 3.38. The number of fused-ring (bicyclic) bond motifs is 1. The minimum Gasteiger partial charge on any atom is -0.378 e. The van der Waals surface area contributed by atoms with Crippen LogP contribution >= 0.6 is 0 Å². The molecule has 1 aliphatic heterocycles. The first kappa shape index (κ1) is 12.3. The van der Waals surface area contributed by atoms with Gasteiger partial charge in [0.25, 0.3) is 0 Å². The maximum atomic E-state index is 5.41. The fourth-order valence-electron chi connectivity index (χ4n) is 2.69. The molecule has 0 radical (unpaired) electrons. The Kier molecular flexibility index (Phi) is 3.05. The van der Waals surface area contributed by atoms with Gasteiger partial charge in [0, 0.05) is 25.5 Å². The van der Waals surface area contributed by atoms with Crippen molar-refractivity contribution in [2.45, 2.75) is 0 Å². The molecule has 3 aromatic heterocycles. The van der Waals surface area contributed by atoms with E-state index in [0.29, 0.717) is 0 Å². The average molecular weight is 280 g/mol. The SMILES string of the molecule is c1ccc(-n2ccc3ncc(N4CCOCC4)cc32)nc1. The van der Waals surface area contributed by atoms with Crippen molar-refractivity contribution in [3.8, 4) is 5.82 Å². The van der Waals surface area contributed by atoms with Gasteiger partial charge in [0.15, 0.2) is 0 Å². The topological polar surface area (TPSA) is 43.2 Å². The number of aromatic nitrogens is 3. The highest BCUT2D eigenvalue weighted by molar-refractivity contribution is 5.81. The van der Waals surface area contributed by atoms with E-state index in [1.165, 1.54) is 0 Å². The lowest BCUT2D eigenvalue weighted by atomic mass is 10.3. The number of ether oxygens (including phenoxy) is 1. The Bertz CT molecular complexity index is 747. The number of hydrogen-bond acceptors (Lipinski definition) is 4. The molecular formula is C16H16N4O. The number of hydrogen-bond donors (Lipinski definition) is 0. The van der Waals surface area contributed by atoms with Crippen LogP contribution in [0.5, 0.6) is 0 Å². The van der Waals surface area contributed by atoms with E-state index in [4.69, 9.17) is 4.74 Å². The largest absolute Gasteiger partial charge is 0.378 e. The zero-order valence-electron chi connectivity index (χ0n) is 11.6. The molecule has 3 aromatic rings. The van der Waals surface area contributed by atoms with Gasteiger partial charge in [-0.05, 0) is 24.3 Å². The summed E-state index contributed by atoms with van der Waals surface area (Å²) in [5.74, 6) is 0.911. The first-order valence-corrected chi connectivity index (χ1v) is 7.13. The number of nitrogens with zero attached hydrogens (tertiary/aromatic N) is 4. The molecule has 0 spiro atoms. The van der Waals surface area contributed by atoms with Crippen molar-refractivity contribution >= 4 is 16.7 Å². The first-order chi connectivity index (χ1) is 10.4. The Hall–Kier alpha value is -2.40. The van der Waals surface area contributed by atoms with E-state index in [1.54, 1.807) is 6.20 Å². The molecule has 4 heterocycles. The Morgan fingerprint density at radius 3 is 2.76 bits per heavy atom. The standard InChI is InChI=1S/C16H16N4O/c1-2-5-17-16(3-1)20-6-4-14-15(20)11-13(12-18-14)19-7-9-21-10-8-19/h1-6,11-12H,7-10H2. The molecule has 1 saturated heterocycles. The molecule has 0 aromatic carbocycles. The van der Waals surface area contributed by atoms with Crippen LogP contribution < -0.4 is 4.90 Å². The van der Waals surface area contributed by atoms with Gasteiger partial charge in [-0.2, -0.15) is 0 Å². The molecule has 0 atom stereocenters. The van der Waals surface area contributed by atoms with Gasteiger partial charge in [-0.3, -0.25) is 9.55 Å². The van der Waals surface area contributed by atoms with Crippen LogP contribution in [-0.4, -0.2) is 40.8 Å². The van der Waals surface area contributed by atoms with E-state index >= 15 is 0 Å². The summed E-state index contributed by atoms with van der Waals surface area (Å²) in [7, 11) is 0. The van der Waals surface area contributed by atoms with Crippen LogP contribution in [0.4, 0.5) is 5.69 Å². The maximum absolute atomic E-state index is 5.41. The number of rotatable bonds is 2. The van der Waals surface area contributed by atoms with E-state index in [-0.39, 0.29) is 0 Å². The highest BCUT2D eigenvalue weighted by Gasteiger charge is 2.13. The van der Waals surface area contributed by atoms with Crippen molar-refractivity contribution in [2.75, 3.05) is 31.2 Å². The van der Waals surface area contributed by atoms with Crippen LogP contribution in [0.1, 0.15) is 0 Å². The summed E-state index contributed by atoms with van der Waals surface area (Å²) < 4.78 is 7.49. The smallest absolute Gasteiger partial charge is 0.137 e. The quantitative estimate of drug-likeness (QED) is 0.722. The van der Waals surface area contributed by atoms with Gasteiger partial charge in [0.1, 0.15) is 5.82 Å². The van der Waals surface area contributed by atoms with Crippen molar-refractivity contribution in [1.29, 1.82) is 0 Å². The van der Waals surface area contributed by atoms with Crippen LogP contribution in [0.3, 0.4) is 0 Å². The predicted molar refractivity (Wildman–Crippen MR) is 81.9 cm³/mol. The van der Waals surface area contributed by atoms with Gasteiger partial charge >= 0.3 is 0 Å². The number of morpholine rings is 1. The van der Waals surface area contributed by atoms with Gasteiger partial charge in [-0.15, -0.1) is 0 Å². The summed E-state index contributed by atoms with van der Waals surface area (Å²) in [4.78, 5) is 11.3. The van der Waals surface area contributed by atoms with Crippen LogP contribution in [0, 0.1) is 0 Å². The minimum absolute atomic E-state index is 0.777. The normalized spacial score (nSPS) is 15.5. The fourth-order valence-corrected chi connectivity index (χ4v) is 2.69. The third-order valence-corrected chi connectivity index (χ3v) is 3.80. The molecular weight excluding hydrogens is 264 g/mol. The Morgan fingerprint density at radius 2 is 1.95 bits per heavy atom. The third kappa shape index (κ3) is 2.25. The lowest BCUT2D eigenvalue weighted by Gasteiger charge is -2.28. The molecule has 0 N–H and O–H groups in total. The van der Waals surface area contributed by atoms with Gasteiger partial charge in [-0.25, -0.2) is 4.98 Å². The third-order valence-electron chi connectivity index (χ3n) is 3.80. The summed E-state index contributed by atoms with van der Waals surface area (Å²) >= 11 is 0. The number of anilines is 1. The molecule has 0 amide bonds. The lowest BCUT2D eigenvalue weighted by molar-refractivity contribution is 0.122. The van der Waals surface area contributed by atoms with Crippen LogP contribution in [-0.2, 0) is 4.74 Å². The predicted octanol–water partition coefficient (Wildman–Crippen LogP) is 2.26. The zero-order valence-corrected chi connectivity index (χ0v) is 11.6. The Balaban J connectivity index is 1.79. The first-order valence-electron chi connectivity index (χ1n) is 7.13. The van der Waals surface area contributed by atoms with E-state index in [9.17, 15) is 0 Å². The minimum atomic E-state index is 0.777. The molecule has 0 unspecified atom stereocenters. The Morgan fingerprint density at radius 1 is 1.05 bits per heavy atom. The molecule has 1 aliphatic rings. The van der Waals surface area contributed by atoms with Crippen molar-refractivity contribution in [3.05, 3.63) is 48.9 Å². The van der Waals surface area contributed by atoms with Crippen LogP contribution in [0.2, 0.25) is 0 Å². The van der Waals surface area contributed by atoms with E-state index in [0.717, 1.165) is 48.8 Å². The maximum Gasteiger partial charge on any atom is 0.137 e. The fraction of sp³-hybridized carbons (Fsp3) is 0.250. The molecule has 0 aliphatic carbocycles. The van der Waals surface area contributed by atoms with E-state index < -0.39 is 0 Å². The molecule has 0 saturated carbocycles. The zero-order chi connectivity index (χ0) is 14.1. The summed E-state index contributed by atoms with van der Waals surface area (Å²) in [5, 5.41) is 0. The van der Waals surface area contributed by atoms with Gasteiger partial charge in [0.2, 0.25) is 0 Å². The molecule has 1 fully saturated rings. The van der Waals surface area contributed by atoms with Gasteiger partial charge in [-0.1, -0.05) is 6.07 Å². The second kappa shape index (κ2) is 5.18. The van der Waals surface area contributed by atoms with Crippen LogP contribution in [0.25, 0.3) is 16.9 Å². The molecule has 106 valence electrons. The summed E-state index contributed by atoms with van der Waals surface area (Å²) in [5.41, 5.74) is 3.21. The van der Waals surface area contributed by atoms with E-state index in [1.807, 2.05) is 36.7 Å². The van der Waals surface area contributed by atoms with Crippen LogP contribution in [0.15, 0.2) is 48.9 Å². The monoisotopic (exact) mass is 280 g/mol. The number of pyridine rings is 2. The molecule has 4 rings (SSSR count). The summed E-state index contributed by atoms with van der Waals surface area (Å²) in [6.07, 6.45) is 5.76. The molecule has 0 bridgehead atoms. The molecule has 21 heavy (non-hydrogen) atoms. The van der Waals surface area contributed by atoms with Crippen molar-refractivity contribution < 1.29 is 4.74 Å². The second-order valence-electron chi connectivity index (χ2n) is 5.07. The lowest BCUT2D eigenvalue weighted by Crippen LogP contribution is -2.36. The van der Waals surface area contributed by atoms with Gasteiger partial charge in [0.05, 0.1) is 36.1 Å². The molecule has 5 heteroatoms. The van der Waals surface area contributed by atoms with E-state index in [2.05, 4.69) is 25.5 Å². The van der Waals surface area contributed by atoms with Crippen molar-refractivity contribution in [1.82, 2.24) is 14.5 Å².